The van der Waals surface area contributed by atoms with Crippen LogP contribution in [0.3, 0.4) is 0 Å². The van der Waals surface area contributed by atoms with E-state index in [9.17, 15) is 0 Å². The third-order valence-corrected chi connectivity index (χ3v) is 3.44. The van der Waals surface area contributed by atoms with Crippen molar-refractivity contribution in [1.82, 2.24) is 4.90 Å². The molecule has 2 rings (SSSR count). The van der Waals surface area contributed by atoms with Crippen LogP contribution in [-0.4, -0.2) is 24.0 Å². The van der Waals surface area contributed by atoms with E-state index in [2.05, 4.69) is 35.2 Å². The number of thiocarbonyl (C=S) groups is 1. The molecule has 0 radical (unpaired) electrons. The molecule has 1 aromatic rings. The Morgan fingerprint density at radius 1 is 1.29 bits per heavy atom. The van der Waals surface area contributed by atoms with Crippen LogP contribution >= 0.6 is 12.2 Å². The predicted octanol–water partition coefficient (Wildman–Crippen LogP) is 2.68. The van der Waals surface area contributed by atoms with Crippen LogP contribution in [0.25, 0.3) is 0 Å². The van der Waals surface area contributed by atoms with Gasteiger partial charge in [0.1, 0.15) is 0 Å². The molecule has 1 aliphatic rings. The van der Waals surface area contributed by atoms with E-state index in [0.717, 1.165) is 4.99 Å². The van der Waals surface area contributed by atoms with Crippen molar-refractivity contribution in [1.29, 1.82) is 0 Å². The summed E-state index contributed by atoms with van der Waals surface area (Å²) in [4.78, 5) is 3.15. The zero-order chi connectivity index (χ0) is 10.1. The average molecular weight is 205 g/mol. The van der Waals surface area contributed by atoms with E-state index in [1.807, 2.05) is 14.1 Å². The highest BCUT2D eigenvalue weighted by molar-refractivity contribution is 7.80. The first-order valence-electron chi connectivity index (χ1n) is 4.96. The molecule has 0 N–H and O–H groups in total. The molecule has 0 aromatic heterocycles. The Kier molecular flexibility index (Phi) is 2.55. The Bertz CT molecular complexity index is 331. The minimum absolute atomic E-state index is 0.599. The Labute approximate surface area is 90.7 Å². The van der Waals surface area contributed by atoms with Gasteiger partial charge in [-0.15, -0.1) is 0 Å². The van der Waals surface area contributed by atoms with Crippen LogP contribution in [0.15, 0.2) is 30.3 Å². The standard InChI is InChI=1S/C12H15NS/c1-13(2)12(14)11-8-10(11)9-6-4-3-5-7-9/h3-7,10-11H,8H2,1-2H3/t10-,11-/m0/s1. The van der Waals surface area contributed by atoms with E-state index >= 15 is 0 Å². The van der Waals surface area contributed by atoms with Gasteiger partial charge in [-0.2, -0.15) is 0 Å². The van der Waals surface area contributed by atoms with E-state index in [-0.39, 0.29) is 0 Å². The summed E-state index contributed by atoms with van der Waals surface area (Å²) < 4.78 is 0. The van der Waals surface area contributed by atoms with Gasteiger partial charge in [0.25, 0.3) is 0 Å². The van der Waals surface area contributed by atoms with Gasteiger partial charge in [-0.25, -0.2) is 0 Å². The minimum Gasteiger partial charge on any atom is -0.372 e. The van der Waals surface area contributed by atoms with Crippen molar-refractivity contribution >= 4 is 17.2 Å². The second-order valence-corrected chi connectivity index (χ2v) is 4.51. The SMILES string of the molecule is CN(C)C(=S)[C@H]1C[C@H]1c1ccccc1. The third-order valence-electron chi connectivity index (χ3n) is 2.78. The van der Waals surface area contributed by atoms with Crippen LogP contribution in [0.1, 0.15) is 17.9 Å². The van der Waals surface area contributed by atoms with Gasteiger partial charge in [-0.05, 0) is 17.9 Å². The fraction of sp³-hybridized carbons (Fsp3) is 0.417. The van der Waals surface area contributed by atoms with Crippen molar-refractivity contribution in [3.8, 4) is 0 Å². The normalized spacial score (nSPS) is 24.4. The second-order valence-electron chi connectivity index (χ2n) is 4.09. The van der Waals surface area contributed by atoms with Crippen molar-refractivity contribution in [2.75, 3.05) is 14.1 Å². The highest BCUT2D eigenvalue weighted by atomic mass is 32.1. The lowest BCUT2D eigenvalue weighted by atomic mass is 10.1. The number of benzene rings is 1. The molecule has 1 nitrogen and oxygen atoms in total. The van der Waals surface area contributed by atoms with Crippen LogP contribution < -0.4 is 0 Å². The van der Waals surface area contributed by atoms with E-state index in [1.165, 1.54) is 12.0 Å². The van der Waals surface area contributed by atoms with Gasteiger partial charge < -0.3 is 4.90 Å². The van der Waals surface area contributed by atoms with Crippen LogP contribution in [0.4, 0.5) is 0 Å². The Morgan fingerprint density at radius 2 is 1.93 bits per heavy atom. The van der Waals surface area contributed by atoms with Gasteiger partial charge in [0, 0.05) is 20.0 Å². The molecule has 2 atom stereocenters. The van der Waals surface area contributed by atoms with Crippen LogP contribution in [0, 0.1) is 5.92 Å². The lowest BCUT2D eigenvalue weighted by Gasteiger charge is -2.13. The fourth-order valence-corrected chi connectivity index (χ4v) is 2.13. The van der Waals surface area contributed by atoms with Crippen LogP contribution in [0.5, 0.6) is 0 Å². The maximum absolute atomic E-state index is 5.37. The summed E-state index contributed by atoms with van der Waals surface area (Å²) in [5, 5.41) is 0. The predicted molar refractivity (Wildman–Crippen MR) is 63.6 cm³/mol. The van der Waals surface area contributed by atoms with Gasteiger partial charge in [-0.1, -0.05) is 42.5 Å². The highest BCUT2D eigenvalue weighted by Gasteiger charge is 2.41. The molecular formula is C12H15NS. The van der Waals surface area contributed by atoms with E-state index in [4.69, 9.17) is 12.2 Å². The molecule has 1 aromatic carbocycles. The lowest BCUT2D eigenvalue weighted by molar-refractivity contribution is 0.611. The number of hydrogen-bond acceptors (Lipinski definition) is 1. The Balaban J connectivity index is 2.03. The first-order chi connectivity index (χ1) is 6.70. The zero-order valence-corrected chi connectivity index (χ0v) is 9.42. The van der Waals surface area contributed by atoms with Crippen molar-refractivity contribution in [3.05, 3.63) is 35.9 Å². The summed E-state index contributed by atoms with van der Waals surface area (Å²) in [5.74, 6) is 1.27. The molecule has 1 fully saturated rings. The molecule has 2 heteroatoms. The average Bonchev–Trinajstić information content (AvgIpc) is 2.97. The summed E-state index contributed by atoms with van der Waals surface area (Å²) in [6.45, 7) is 0. The lowest BCUT2D eigenvalue weighted by Crippen LogP contribution is -2.21. The first-order valence-corrected chi connectivity index (χ1v) is 5.37. The molecule has 0 heterocycles. The fourth-order valence-electron chi connectivity index (χ4n) is 1.87. The zero-order valence-electron chi connectivity index (χ0n) is 8.60. The summed E-state index contributed by atoms with van der Waals surface area (Å²) in [6.07, 6.45) is 1.22. The molecule has 0 bridgehead atoms. The number of rotatable bonds is 2. The smallest absolute Gasteiger partial charge is 0.0811 e. The minimum atomic E-state index is 0.599. The molecule has 1 saturated carbocycles. The van der Waals surface area contributed by atoms with Crippen molar-refractivity contribution < 1.29 is 0 Å². The molecule has 14 heavy (non-hydrogen) atoms. The highest BCUT2D eigenvalue weighted by Crippen LogP contribution is 2.48. The molecule has 0 spiro atoms. The van der Waals surface area contributed by atoms with E-state index in [1.54, 1.807) is 0 Å². The molecule has 74 valence electrons. The van der Waals surface area contributed by atoms with E-state index in [0.29, 0.717) is 11.8 Å². The summed E-state index contributed by atoms with van der Waals surface area (Å²) in [7, 11) is 4.06. The van der Waals surface area contributed by atoms with Gasteiger partial charge >= 0.3 is 0 Å². The van der Waals surface area contributed by atoms with Crippen LogP contribution in [-0.2, 0) is 0 Å². The monoisotopic (exact) mass is 205 g/mol. The van der Waals surface area contributed by atoms with Crippen molar-refractivity contribution in [2.45, 2.75) is 12.3 Å². The largest absolute Gasteiger partial charge is 0.372 e. The van der Waals surface area contributed by atoms with Crippen molar-refractivity contribution in [3.63, 3.8) is 0 Å². The maximum atomic E-state index is 5.37. The van der Waals surface area contributed by atoms with Crippen LogP contribution in [0.2, 0.25) is 0 Å². The molecule has 0 aliphatic heterocycles. The Morgan fingerprint density at radius 3 is 2.50 bits per heavy atom. The van der Waals surface area contributed by atoms with Gasteiger partial charge in [0.2, 0.25) is 0 Å². The number of nitrogens with zero attached hydrogens (tertiary/aromatic N) is 1. The number of hydrogen-bond donors (Lipinski definition) is 0. The molecule has 0 unspecified atom stereocenters. The molecule has 0 saturated heterocycles. The molecular weight excluding hydrogens is 190 g/mol. The third kappa shape index (κ3) is 1.80. The van der Waals surface area contributed by atoms with Crippen molar-refractivity contribution in [2.24, 2.45) is 5.92 Å². The summed E-state index contributed by atoms with van der Waals surface area (Å²) in [5.41, 5.74) is 1.43. The molecule has 0 amide bonds. The summed E-state index contributed by atoms with van der Waals surface area (Å²) >= 11 is 5.37. The van der Waals surface area contributed by atoms with Gasteiger partial charge in [0.05, 0.1) is 4.99 Å². The topological polar surface area (TPSA) is 3.24 Å². The van der Waals surface area contributed by atoms with E-state index < -0.39 is 0 Å². The first kappa shape index (κ1) is 9.66. The van der Waals surface area contributed by atoms with Gasteiger partial charge in [0.15, 0.2) is 0 Å². The Hall–Kier alpha value is -0.890. The van der Waals surface area contributed by atoms with Gasteiger partial charge in [-0.3, -0.25) is 0 Å². The quantitative estimate of drug-likeness (QED) is 0.683. The summed E-state index contributed by atoms with van der Waals surface area (Å²) in [6, 6.07) is 10.7. The second kappa shape index (κ2) is 3.70. The maximum Gasteiger partial charge on any atom is 0.0811 e. The molecule has 1 aliphatic carbocycles.